The van der Waals surface area contributed by atoms with Crippen molar-refractivity contribution in [1.82, 2.24) is 5.32 Å². The summed E-state index contributed by atoms with van der Waals surface area (Å²) in [6, 6.07) is 10.9. The fourth-order valence-electron chi connectivity index (χ4n) is 2.15. The van der Waals surface area contributed by atoms with Crippen LogP contribution < -0.4 is 10.1 Å². The van der Waals surface area contributed by atoms with E-state index in [1.807, 2.05) is 6.07 Å². The molecular weight excluding hydrogens is 322 g/mol. The van der Waals surface area contributed by atoms with E-state index in [0.717, 1.165) is 16.1 Å². The third-order valence-electron chi connectivity index (χ3n) is 3.04. The van der Waals surface area contributed by atoms with Crippen molar-refractivity contribution in [1.29, 1.82) is 0 Å². The van der Waals surface area contributed by atoms with Gasteiger partial charge in [-0.3, -0.25) is 0 Å². The van der Waals surface area contributed by atoms with Crippen molar-refractivity contribution >= 4 is 27.3 Å². The zero-order chi connectivity index (χ0) is 13.8. The van der Waals surface area contributed by atoms with Gasteiger partial charge in [-0.05, 0) is 58.7 Å². The Morgan fingerprint density at radius 3 is 2.63 bits per heavy atom. The number of nitrogens with one attached hydrogen (secondary N) is 1. The zero-order valence-electron chi connectivity index (χ0n) is 11.4. The Morgan fingerprint density at radius 2 is 2.11 bits per heavy atom. The quantitative estimate of drug-likeness (QED) is 0.864. The minimum Gasteiger partial charge on any atom is -0.496 e. The molecule has 0 radical (unpaired) electrons. The molecule has 1 unspecified atom stereocenters. The molecule has 0 fully saturated rings. The van der Waals surface area contributed by atoms with Crippen LogP contribution in [0.3, 0.4) is 0 Å². The van der Waals surface area contributed by atoms with Crippen LogP contribution >= 0.6 is 27.3 Å². The molecule has 0 saturated heterocycles. The first-order valence-electron chi connectivity index (χ1n) is 6.29. The van der Waals surface area contributed by atoms with Gasteiger partial charge in [0.15, 0.2) is 0 Å². The van der Waals surface area contributed by atoms with Crippen molar-refractivity contribution in [3.63, 3.8) is 0 Å². The number of ether oxygens (including phenoxy) is 1. The highest BCUT2D eigenvalue weighted by atomic mass is 79.9. The topological polar surface area (TPSA) is 21.3 Å². The summed E-state index contributed by atoms with van der Waals surface area (Å²) in [4.78, 5) is 1.32. The Balaban J connectivity index is 2.36. The smallest absolute Gasteiger partial charge is 0.121 e. The monoisotopic (exact) mass is 339 g/mol. The average Bonchev–Trinajstić information content (AvgIpc) is 2.82. The van der Waals surface area contributed by atoms with Crippen molar-refractivity contribution in [2.24, 2.45) is 0 Å². The lowest BCUT2D eigenvalue weighted by Crippen LogP contribution is -2.21. The van der Waals surface area contributed by atoms with Crippen LogP contribution in [0.15, 0.2) is 34.1 Å². The van der Waals surface area contributed by atoms with Crippen LogP contribution in [0.25, 0.3) is 0 Å². The first-order chi connectivity index (χ1) is 9.15. The summed E-state index contributed by atoms with van der Waals surface area (Å²) in [7, 11) is 1.71. The maximum Gasteiger partial charge on any atom is 0.121 e. The van der Waals surface area contributed by atoms with Gasteiger partial charge in [-0.15, -0.1) is 11.3 Å². The molecule has 4 heteroatoms. The molecule has 0 aliphatic carbocycles. The van der Waals surface area contributed by atoms with E-state index >= 15 is 0 Å². The number of thiophene rings is 1. The SMILES string of the molecule is CCNC(c1ccc(OC)c(C)c1)c1ccc(Br)s1. The number of aryl methyl sites for hydroxylation is 1. The summed E-state index contributed by atoms with van der Waals surface area (Å²) in [5.41, 5.74) is 2.44. The van der Waals surface area contributed by atoms with E-state index in [4.69, 9.17) is 4.74 Å². The van der Waals surface area contributed by atoms with Gasteiger partial charge >= 0.3 is 0 Å². The summed E-state index contributed by atoms with van der Waals surface area (Å²) >= 11 is 5.30. The third kappa shape index (κ3) is 3.38. The zero-order valence-corrected chi connectivity index (χ0v) is 13.8. The van der Waals surface area contributed by atoms with E-state index < -0.39 is 0 Å². The molecule has 19 heavy (non-hydrogen) atoms. The molecule has 0 aliphatic rings. The van der Waals surface area contributed by atoms with Gasteiger partial charge < -0.3 is 10.1 Å². The second kappa shape index (κ2) is 6.55. The normalized spacial score (nSPS) is 12.4. The molecule has 1 aromatic carbocycles. The van der Waals surface area contributed by atoms with Crippen molar-refractivity contribution in [2.45, 2.75) is 19.9 Å². The van der Waals surface area contributed by atoms with E-state index in [1.54, 1.807) is 18.4 Å². The summed E-state index contributed by atoms with van der Waals surface area (Å²) in [5.74, 6) is 0.936. The van der Waals surface area contributed by atoms with Crippen LogP contribution in [-0.4, -0.2) is 13.7 Å². The molecule has 0 saturated carbocycles. The fraction of sp³-hybridized carbons (Fsp3) is 0.333. The lowest BCUT2D eigenvalue weighted by molar-refractivity contribution is 0.411. The Hall–Kier alpha value is -0.840. The Labute approximate surface area is 126 Å². The highest BCUT2D eigenvalue weighted by Crippen LogP contribution is 2.32. The van der Waals surface area contributed by atoms with Crippen LogP contribution in [-0.2, 0) is 0 Å². The second-order valence-corrected chi connectivity index (χ2v) is 6.86. The van der Waals surface area contributed by atoms with Gasteiger partial charge in [0, 0.05) is 4.88 Å². The lowest BCUT2D eigenvalue weighted by atomic mass is 10.0. The highest BCUT2D eigenvalue weighted by Gasteiger charge is 2.16. The number of hydrogen-bond acceptors (Lipinski definition) is 3. The average molecular weight is 340 g/mol. The Kier molecular flexibility index (Phi) is 5.02. The largest absolute Gasteiger partial charge is 0.496 e. The molecular formula is C15H18BrNOS. The molecule has 102 valence electrons. The molecule has 0 amide bonds. The van der Waals surface area contributed by atoms with E-state index in [-0.39, 0.29) is 6.04 Å². The van der Waals surface area contributed by atoms with Gasteiger partial charge in [0.1, 0.15) is 5.75 Å². The molecule has 2 nitrogen and oxygen atoms in total. The predicted octanol–water partition coefficient (Wildman–Crippen LogP) is 4.53. The number of halogens is 1. The molecule has 0 spiro atoms. The van der Waals surface area contributed by atoms with Gasteiger partial charge in [0.25, 0.3) is 0 Å². The number of hydrogen-bond donors (Lipinski definition) is 1. The molecule has 1 N–H and O–H groups in total. The minimum absolute atomic E-state index is 0.242. The van der Waals surface area contributed by atoms with Crippen molar-refractivity contribution in [2.75, 3.05) is 13.7 Å². The molecule has 0 bridgehead atoms. The number of rotatable bonds is 5. The first kappa shape index (κ1) is 14.6. The molecule has 1 heterocycles. The highest BCUT2D eigenvalue weighted by molar-refractivity contribution is 9.11. The number of benzene rings is 1. The number of methoxy groups -OCH3 is 1. The van der Waals surface area contributed by atoms with Crippen molar-refractivity contribution < 1.29 is 4.74 Å². The summed E-state index contributed by atoms with van der Waals surface area (Å²) in [6.07, 6.45) is 0. The van der Waals surface area contributed by atoms with Crippen LogP contribution in [0.5, 0.6) is 5.75 Å². The first-order valence-corrected chi connectivity index (χ1v) is 7.89. The van der Waals surface area contributed by atoms with E-state index in [2.05, 4.69) is 59.4 Å². The maximum atomic E-state index is 5.32. The standard InChI is InChI=1S/C15H18BrNOS/c1-4-17-15(13-7-8-14(16)19-13)11-5-6-12(18-3)10(2)9-11/h5-9,15,17H,4H2,1-3H3. The Morgan fingerprint density at radius 1 is 1.32 bits per heavy atom. The van der Waals surface area contributed by atoms with Gasteiger partial charge in [-0.25, -0.2) is 0 Å². The van der Waals surface area contributed by atoms with E-state index in [1.165, 1.54) is 16.0 Å². The maximum absolute atomic E-state index is 5.32. The predicted molar refractivity (Wildman–Crippen MR) is 85.3 cm³/mol. The molecule has 1 atom stereocenters. The fourth-order valence-corrected chi connectivity index (χ4v) is 3.68. The molecule has 1 aromatic heterocycles. The summed E-state index contributed by atoms with van der Waals surface area (Å²) in [5, 5.41) is 3.54. The van der Waals surface area contributed by atoms with Crippen molar-refractivity contribution in [3.8, 4) is 5.75 Å². The third-order valence-corrected chi connectivity index (χ3v) is 4.73. The summed E-state index contributed by atoms with van der Waals surface area (Å²) in [6.45, 7) is 5.15. The lowest BCUT2D eigenvalue weighted by Gasteiger charge is -2.18. The van der Waals surface area contributed by atoms with Crippen LogP contribution in [0.4, 0.5) is 0 Å². The summed E-state index contributed by atoms with van der Waals surface area (Å²) < 4.78 is 6.49. The van der Waals surface area contributed by atoms with Crippen molar-refractivity contribution in [3.05, 3.63) is 50.1 Å². The van der Waals surface area contributed by atoms with E-state index in [9.17, 15) is 0 Å². The van der Waals surface area contributed by atoms with E-state index in [0.29, 0.717) is 0 Å². The van der Waals surface area contributed by atoms with Crippen LogP contribution in [0.2, 0.25) is 0 Å². The minimum atomic E-state index is 0.242. The molecule has 2 aromatic rings. The van der Waals surface area contributed by atoms with Crippen LogP contribution in [0.1, 0.15) is 29.0 Å². The van der Waals surface area contributed by atoms with Gasteiger partial charge in [-0.1, -0.05) is 19.1 Å². The van der Waals surface area contributed by atoms with Gasteiger partial charge in [0.2, 0.25) is 0 Å². The van der Waals surface area contributed by atoms with Gasteiger partial charge in [-0.2, -0.15) is 0 Å². The van der Waals surface area contributed by atoms with Crippen LogP contribution in [0, 0.1) is 6.92 Å². The Bertz CT molecular complexity index is 553. The van der Waals surface area contributed by atoms with Gasteiger partial charge in [0.05, 0.1) is 16.9 Å². The molecule has 0 aliphatic heterocycles. The second-order valence-electron chi connectivity index (χ2n) is 4.36. The molecule has 2 rings (SSSR count).